The second-order valence-electron chi connectivity index (χ2n) is 7.86. The van der Waals surface area contributed by atoms with Crippen LogP contribution in [0.15, 0.2) is 65.8 Å². The van der Waals surface area contributed by atoms with E-state index in [1.54, 1.807) is 11.9 Å². The van der Waals surface area contributed by atoms with Gasteiger partial charge in [-0.2, -0.15) is 5.10 Å². The van der Waals surface area contributed by atoms with Gasteiger partial charge >= 0.3 is 0 Å². The normalized spacial score (nSPS) is 21.8. The molecule has 156 valence electrons. The summed E-state index contributed by atoms with van der Waals surface area (Å²) in [5, 5.41) is 5.89. The molecule has 0 radical (unpaired) electrons. The van der Waals surface area contributed by atoms with Gasteiger partial charge in [0.25, 0.3) is 5.91 Å². The molecular formula is C23H26N4O3. The van der Waals surface area contributed by atoms with E-state index in [2.05, 4.69) is 5.10 Å². The van der Waals surface area contributed by atoms with Crippen LogP contribution in [0, 0.1) is 5.41 Å². The number of amides is 2. The number of ether oxygens (including phenoxy) is 1. The number of hydrogen-bond acceptors (Lipinski definition) is 5. The van der Waals surface area contributed by atoms with E-state index >= 15 is 0 Å². The van der Waals surface area contributed by atoms with E-state index in [0.29, 0.717) is 25.1 Å². The van der Waals surface area contributed by atoms with Crippen molar-refractivity contribution in [3.8, 4) is 5.75 Å². The molecular weight excluding hydrogens is 380 g/mol. The molecule has 0 saturated carbocycles. The third kappa shape index (κ3) is 3.80. The standard InChI is InChI=1S/C23H26N4O3/c1-26-22(29)23(14-17-8-4-2-5-9-17)16-27(13-12-20(23)25-26)21(28)19(24)15-30-18-10-6-3-7-11-18/h2-11,19H,12-16,24H2,1H3/t19-,23-/m1/s1. The number of benzene rings is 2. The van der Waals surface area contributed by atoms with Gasteiger partial charge in [-0.25, -0.2) is 5.01 Å². The van der Waals surface area contributed by atoms with E-state index in [1.807, 2.05) is 60.7 Å². The first kappa shape index (κ1) is 20.1. The molecule has 0 spiro atoms. The lowest BCUT2D eigenvalue weighted by atomic mass is 9.73. The largest absolute Gasteiger partial charge is 0.491 e. The second kappa shape index (κ2) is 8.28. The maximum atomic E-state index is 13.1. The third-order valence-corrected chi connectivity index (χ3v) is 5.76. The van der Waals surface area contributed by atoms with Gasteiger partial charge in [-0.1, -0.05) is 48.5 Å². The Morgan fingerprint density at radius 1 is 1.17 bits per heavy atom. The molecule has 1 fully saturated rings. The SMILES string of the molecule is CN1N=C2CCN(C(=O)[C@H](N)COc3ccccc3)C[C@@]2(Cc2ccccc2)C1=O. The predicted molar refractivity (Wildman–Crippen MR) is 114 cm³/mol. The van der Waals surface area contributed by atoms with Crippen molar-refractivity contribution >= 4 is 17.5 Å². The summed E-state index contributed by atoms with van der Waals surface area (Å²) in [6.07, 6.45) is 1.07. The van der Waals surface area contributed by atoms with Crippen LogP contribution in [0.25, 0.3) is 0 Å². The number of nitrogens with two attached hydrogens (primary N) is 1. The van der Waals surface area contributed by atoms with Crippen LogP contribution in [0.2, 0.25) is 0 Å². The zero-order valence-corrected chi connectivity index (χ0v) is 17.0. The van der Waals surface area contributed by atoms with Crippen LogP contribution in [0.1, 0.15) is 12.0 Å². The average Bonchev–Trinajstić information content (AvgIpc) is 3.02. The molecule has 4 rings (SSSR count). The van der Waals surface area contributed by atoms with Gasteiger partial charge in [0.15, 0.2) is 0 Å². The van der Waals surface area contributed by atoms with Crippen LogP contribution in [-0.2, 0) is 16.0 Å². The molecule has 2 N–H and O–H groups in total. The minimum atomic E-state index is -0.829. The Balaban J connectivity index is 1.49. The average molecular weight is 406 g/mol. The van der Waals surface area contributed by atoms with Crippen molar-refractivity contribution in [3.63, 3.8) is 0 Å². The summed E-state index contributed by atoms with van der Waals surface area (Å²) in [5.41, 5.74) is 7.21. The number of nitrogens with zero attached hydrogens (tertiary/aromatic N) is 3. The molecule has 2 aromatic rings. The van der Waals surface area contributed by atoms with Crippen LogP contribution >= 0.6 is 0 Å². The van der Waals surface area contributed by atoms with Crippen LogP contribution in [-0.4, -0.2) is 60.2 Å². The van der Waals surface area contributed by atoms with Crippen molar-refractivity contribution in [1.29, 1.82) is 0 Å². The van der Waals surface area contributed by atoms with Crippen molar-refractivity contribution in [2.75, 3.05) is 26.7 Å². The minimum Gasteiger partial charge on any atom is -0.491 e. The Kier molecular flexibility index (Phi) is 5.55. The highest BCUT2D eigenvalue weighted by molar-refractivity contribution is 6.13. The van der Waals surface area contributed by atoms with Gasteiger partial charge in [0.2, 0.25) is 5.91 Å². The molecule has 0 aliphatic carbocycles. The van der Waals surface area contributed by atoms with Crippen molar-refractivity contribution in [2.24, 2.45) is 16.3 Å². The maximum absolute atomic E-state index is 13.1. The number of hydrogen-bond donors (Lipinski definition) is 1. The number of hydrazone groups is 1. The molecule has 0 bridgehead atoms. The lowest BCUT2D eigenvalue weighted by Gasteiger charge is -2.40. The lowest BCUT2D eigenvalue weighted by molar-refractivity contribution is -0.140. The van der Waals surface area contributed by atoms with E-state index in [9.17, 15) is 9.59 Å². The fourth-order valence-corrected chi connectivity index (χ4v) is 4.22. The van der Waals surface area contributed by atoms with Gasteiger partial charge in [-0.3, -0.25) is 9.59 Å². The molecule has 0 aromatic heterocycles. The number of fused-ring (bicyclic) bond motifs is 1. The van der Waals surface area contributed by atoms with Gasteiger partial charge in [-0.15, -0.1) is 0 Å². The molecule has 7 nitrogen and oxygen atoms in total. The van der Waals surface area contributed by atoms with Crippen LogP contribution in [0.3, 0.4) is 0 Å². The maximum Gasteiger partial charge on any atom is 0.256 e. The molecule has 2 amide bonds. The predicted octanol–water partition coefficient (Wildman–Crippen LogP) is 1.68. The van der Waals surface area contributed by atoms with Crippen molar-refractivity contribution < 1.29 is 14.3 Å². The fraction of sp³-hybridized carbons (Fsp3) is 0.348. The summed E-state index contributed by atoms with van der Waals surface area (Å²) in [6, 6.07) is 18.3. The molecule has 30 heavy (non-hydrogen) atoms. The number of para-hydroxylation sites is 1. The van der Waals surface area contributed by atoms with Crippen molar-refractivity contribution in [1.82, 2.24) is 9.91 Å². The van der Waals surface area contributed by atoms with Gasteiger partial charge in [0.1, 0.15) is 23.8 Å². The summed E-state index contributed by atoms with van der Waals surface area (Å²) < 4.78 is 5.65. The molecule has 2 aliphatic rings. The molecule has 0 unspecified atom stereocenters. The molecule has 2 heterocycles. The monoisotopic (exact) mass is 406 g/mol. The minimum absolute atomic E-state index is 0.0760. The van der Waals surface area contributed by atoms with Gasteiger partial charge < -0.3 is 15.4 Å². The van der Waals surface area contributed by atoms with E-state index in [4.69, 9.17) is 10.5 Å². The highest BCUT2D eigenvalue weighted by atomic mass is 16.5. The van der Waals surface area contributed by atoms with Crippen LogP contribution < -0.4 is 10.5 Å². The van der Waals surface area contributed by atoms with E-state index in [-0.39, 0.29) is 25.0 Å². The van der Waals surface area contributed by atoms with Gasteiger partial charge in [-0.05, 0) is 24.1 Å². The smallest absolute Gasteiger partial charge is 0.256 e. The quantitative estimate of drug-likeness (QED) is 0.791. The number of carbonyl (C=O) groups is 2. The first-order valence-electron chi connectivity index (χ1n) is 10.1. The Bertz CT molecular complexity index is 947. The summed E-state index contributed by atoms with van der Waals surface area (Å²) >= 11 is 0. The number of piperidine rings is 1. The third-order valence-electron chi connectivity index (χ3n) is 5.76. The Labute approximate surface area is 176 Å². The molecule has 2 aromatic carbocycles. The van der Waals surface area contributed by atoms with E-state index in [1.165, 1.54) is 5.01 Å². The molecule has 2 atom stereocenters. The highest BCUT2D eigenvalue weighted by Gasteiger charge is 2.53. The zero-order chi connectivity index (χ0) is 21.1. The van der Waals surface area contributed by atoms with E-state index in [0.717, 1.165) is 11.3 Å². The first-order chi connectivity index (χ1) is 14.5. The second-order valence-corrected chi connectivity index (χ2v) is 7.86. The Morgan fingerprint density at radius 2 is 1.83 bits per heavy atom. The van der Waals surface area contributed by atoms with Crippen LogP contribution in [0.5, 0.6) is 5.75 Å². The molecule has 7 heteroatoms. The lowest BCUT2D eigenvalue weighted by Crippen LogP contribution is -2.58. The Hall–Kier alpha value is -3.19. The number of carbonyl (C=O) groups excluding carboxylic acids is 2. The summed E-state index contributed by atoms with van der Waals surface area (Å²) in [5.74, 6) is 0.384. The van der Waals surface area contributed by atoms with E-state index < -0.39 is 11.5 Å². The first-order valence-corrected chi connectivity index (χ1v) is 10.1. The number of rotatable bonds is 6. The van der Waals surface area contributed by atoms with Gasteiger partial charge in [0, 0.05) is 26.6 Å². The highest BCUT2D eigenvalue weighted by Crippen LogP contribution is 2.38. The Morgan fingerprint density at radius 3 is 2.53 bits per heavy atom. The summed E-state index contributed by atoms with van der Waals surface area (Å²) in [6.45, 7) is 0.857. The topological polar surface area (TPSA) is 88.2 Å². The summed E-state index contributed by atoms with van der Waals surface area (Å²) in [7, 11) is 1.67. The number of likely N-dealkylation sites (tertiary alicyclic amines) is 1. The molecule has 1 saturated heterocycles. The fourth-order valence-electron chi connectivity index (χ4n) is 4.22. The van der Waals surface area contributed by atoms with Crippen molar-refractivity contribution in [3.05, 3.63) is 66.2 Å². The van der Waals surface area contributed by atoms with Gasteiger partial charge in [0.05, 0.1) is 5.71 Å². The van der Waals surface area contributed by atoms with Crippen LogP contribution in [0.4, 0.5) is 0 Å². The van der Waals surface area contributed by atoms with Crippen molar-refractivity contribution in [2.45, 2.75) is 18.9 Å². The molecule has 2 aliphatic heterocycles. The zero-order valence-electron chi connectivity index (χ0n) is 17.0. The summed E-state index contributed by atoms with van der Waals surface area (Å²) in [4.78, 5) is 27.9.